The maximum Gasteiger partial charge on any atom is 0.917 e. The molecule has 2 rings (SSSR count). The van der Waals surface area contributed by atoms with E-state index >= 15 is 0 Å². The minimum Gasteiger partial charge on any atom is -0.481 e. The third-order valence-electron chi connectivity index (χ3n) is 7.94. The second-order valence-electron chi connectivity index (χ2n) is 14.3. The Morgan fingerprint density at radius 1 is 0.398 bits per heavy atom. The van der Waals surface area contributed by atoms with Crippen molar-refractivity contribution >= 4 is 216 Å². The summed E-state index contributed by atoms with van der Waals surface area (Å²) in [6, 6.07) is 0. The van der Waals surface area contributed by atoms with Crippen LogP contribution in [0.3, 0.4) is 0 Å². The van der Waals surface area contributed by atoms with E-state index in [1.54, 1.807) is 0 Å². The highest BCUT2D eigenvalue weighted by Gasteiger charge is 2.66. The first-order chi connectivity index (χ1) is 39.5. The minimum atomic E-state index is -6.58. The van der Waals surface area contributed by atoms with Gasteiger partial charge in [0.25, 0.3) is 0 Å². The van der Waals surface area contributed by atoms with Gasteiger partial charge in [0.05, 0.1) is 19.6 Å². The number of carboxylic acids is 2. The van der Waals surface area contributed by atoms with Crippen LogP contribution in [-0.4, -0.2) is 363 Å². The van der Waals surface area contributed by atoms with Gasteiger partial charge in [-0.3, -0.25) is 4.79 Å². The summed E-state index contributed by atoms with van der Waals surface area (Å²) in [5.41, 5.74) is 0. The van der Waals surface area contributed by atoms with E-state index < -0.39 is 303 Å². The molecule has 0 aromatic carbocycles. The van der Waals surface area contributed by atoms with Crippen molar-refractivity contribution in [2.75, 3.05) is 19.8 Å². The van der Waals surface area contributed by atoms with Crippen LogP contribution in [0.1, 0.15) is 6.42 Å². The van der Waals surface area contributed by atoms with Gasteiger partial charge in [-0.05, 0) is 0 Å². The van der Waals surface area contributed by atoms with Crippen LogP contribution in [0, 0.1) is 0 Å². The zero-order valence-electron chi connectivity index (χ0n) is 41.0. The molecule has 2 aliphatic heterocycles. The van der Waals surface area contributed by atoms with E-state index in [1.807, 2.05) is 0 Å². The molecule has 0 aliphatic carbocycles. The average molecular weight is 1600 g/mol. The lowest BCUT2D eigenvalue weighted by molar-refractivity contribution is -0.374. The van der Waals surface area contributed by atoms with Crippen molar-refractivity contribution in [3.05, 3.63) is 0 Å². The van der Waals surface area contributed by atoms with Crippen LogP contribution in [0.2, 0.25) is 0 Å². The lowest BCUT2D eigenvalue weighted by Gasteiger charge is -2.46. The molecule has 1 unspecified atom stereocenters. The van der Waals surface area contributed by atoms with Gasteiger partial charge in [-0.25, -0.2) is 38.3 Å². The number of carboxylic acid groups (broad SMARTS) is 2. The highest BCUT2D eigenvalue weighted by molar-refractivity contribution is 7.84. The van der Waals surface area contributed by atoms with Gasteiger partial charge in [-0.2, -0.15) is 67.3 Å². The molecule has 0 amide bonds. The van der Waals surface area contributed by atoms with Crippen molar-refractivity contribution in [3.8, 4) is 0 Å². The molecule has 2 heterocycles. The fourth-order valence-corrected chi connectivity index (χ4v) is 17.2. The Hall–Kier alpha value is 1.36. The van der Waals surface area contributed by atoms with Gasteiger partial charge in [0, 0.05) is 0 Å². The van der Waals surface area contributed by atoms with Crippen LogP contribution in [0.5, 0.6) is 0 Å². The Kier molecular flexibility index (Phi) is 36.5. The van der Waals surface area contributed by atoms with Gasteiger partial charge in [-0.1, -0.05) is 0 Å². The largest absolute Gasteiger partial charge is 0.917 e. The summed E-state index contributed by atoms with van der Waals surface area (Å²) in [6.07, 6.45) is -32.0. The van der Waals surface area contributed by atoms with Crippen molar-refractivity contribution in [2.24, 2.45) is 0 Å². The molecule has 19 N–H and O–H groups in total. The van der Waals surface area contributed by atoms with Crippen molar-refractivity contribution in [1.29, 1.82) is 0 Å². The number of aliphatic carboxylic acids is 2. The van der Waals surface area contributed by atoms with Crippen molar-refractivity contribution in [2.45, 2.75) is 67.3 Å². The standard InChI is InChI=1S/C12H22O35S8.C4H6O5.8Al.16H2O/c13-48(14,15)37-1-4-6(43-51(22,23)24)8(45-53(28,29)30)9(46-54(31,32)33)11(40-4)42-12(3-39-50(19,20)21)10(47-55(34,35)36)7(44-52(25,26)27)5(41-12)2-38-49(16,17)18;5-2(4(8)9)1-3(6)7;;;;;;;;;;;;;;;;;;;;;;;;/h4-11H,1-3H2,(H,13,14,15)(H,16,17,18)(H,19,20,21)(H,22,23,24)(H,25,26,27)(H,28,29,30)(H,31,32,33)(H,34,35,36);2,5H,1H2,(H,6,7)(H,8,9);;;;;;;;;16*1H2/q;;8*+3;;;;;;;;;;;;;;;;/p-24/t4-,5-,6-,7-,8+,9-,10+,11-,12+;;;;;;;;;;;;;;;;;;;;;;;;;/m1........................./s1. The molecule has 10 atom stereocenters. The summed E-state index contributed by atoms with van der Waals surface area (Å²) in [7, 11) is -50.7. The number of aliphatic hydroxyl groups is 1. The SMILES string of the molecule is O=C(O)CC(O)C(=O)O.O=S(=O)(OC[C@H]1O[C@@](COS(=O)(=O)[O][Al]([OH])[OH])(O[C@H]2O[C@H](COS(=O)(=O)[O][Al]([OH])[OH])[C@@H](OS(=O)(=O)[O][Al]([OH])[OH])[C@H](OS(=O)(=O)[O][Al]([OH])[OH])[C@H]2OS(=O)(=O)[O][Al]([OH])[OH])[C@@H](OS(=O)(=O)[O][Al]([OH])[OH])[C@@H]1OS(=O)(=O)[O][Al]([OH])[OH])[O][Al]([OH])[OH]. The smallest absolute Gasteiger partial charge is 0.481 e. The van der Waals surface area contributed by atoms with Gasteiger partial charge in [-0.15, -0.1) is 0 Å². The number of ether oxygens (including phenoxy) is 3. The molecule has 0 aromatic rings. The van der Waals surface area contributed by atoms with Crippen LogP contribution < -0.4 is 0 Å². The Labute approximate surface area is 530 Å². The van der Waals surface area contributed by atoms with E-state index in [2.05, 4.69) is 59.3 Å². The predicted octanol–water partition coefficient (Wildman–Crippen LogP) is -20.4. The summed E-state index contributed by atoms with van der Waals surface area (Å²) >= 11 is -40.5. The van der Waals surface area contributed by atoms with Gasteiger partial charge < -0.3 is 122 Å². The average Bonchev–Trinajstić information content (AvgIpc) is 3.70. The van der Waals surface area contributed by atoms with E-state index in [1.165, 1.54) is 0 Å². The van der Waals surface area contributed by atoms with E-state index in [9.17, 15) is 135 Å². The van der Waals surface area contributed by atoms with Crippen molar-refractivity contribution in [1.82, 2.24) is 0 Å². The lowest BCUT2D eigenvalue weighted by Crippen LogP contribution is -2.66. The molecular formula is C16H36Al8O56S8. The normalized spacial score (nSPS) is 23.5. The molecule has 2 saturated heterocycles. The first-order valence-electron chi connectivity index (χ1n) is 20.4. The molecule has 508 valence electrons. The first kappa shape index (κ1) is 87.4. The Morgan fingerprint density at radius 2 is 0.693 bits per heavy atom. The van der Waals surface area contributed by atoms with Crippen LogP contribution in [0.15, 0.2) is 0 Å². The maximum absolute atomic E-state index is 13.2. The van der Waals surface area contributed by atoms with Crippen LogP contribution in [0.25, 0.3) is 0 Å². The molecule has 2 fully saturated rings. The fraction of sp³-hybridized carbons (Fsp3) is 0.875. The van der Waals surface area contributed by atoms with Gasteiger partial charge in [0.1, 0.15) is 37.1 Å². The summed E-state index contributed by atoms with van der Waals surface area (Å²) in [4.78, 5) is 19.4. The Morgan fingerprint density at radius 3 is 1.02 bits per heavy atom. The summed E-state index contributed by atoms with van der Waals surface area (Å²) in [6.45, 7) is -7.25. The number of rotatable bonds is 40. The zero-order valence-corrected chi connectivity index (χ0v) is 56.8. The second kappa shape index (κ2) is 36.8. The third-order valence-corrected chi connectivity index (χ3v) is 24.5. The molecule has 56 nitrogen and oxygen atoms in total. The van der Waals surface area contributed by atoms with E-state index in [4.69, 9.17) is 37.8 Å². The highest BCUT2D eigenvalue weighted by Crippen LogP contribution is 2.44. The summed E-state index contributed by atoms with van der Waals surface area (Å²) in [5.74, 6) is -7.45. The first-order valence-corrected chi connectivity index (χ1v) is 43.1. The topological polar surface area (TPSA) is 867 Å². The number of hydrogen-bond acceptors (Lipinski definition) is 54. The molecule has 0 saturated carbocycles. The molecule has 0 bridgehead atoms. The molecule has 2 aliphatic rings. The van der Waals surface area contributed by atoms with Crippen LogP contribution in [-0.2, 0) is 166 Å². The number of aliphatic hydroxyl groups excluding tert-OH is 1. The molecule has 72 heteroatoms. The van der Waals surface area contributed by atoms with E-state index in [0.717, 1.165) is 0 Å². The van der Waals surface area contributed by atoms with E-state index in [0.29, 0.717) is 0 Å². The summed E-state index contributed by atoms with van der Waals surface area (Å²) in [5, 5.41) is 24.1. The Bertz CT molecular complexity index is 3180. The molecule has 88 heavy (non-hydrogen) atoms. The zero-order chi connectivity index (χ0) is 68.7. The highest BCUT2D eigenvalue weighted by atomic mass is 32.3. The van der Waals surface area contributed by atoms with Gasteiger partial charge in [0.15, 0.2) is 24.6 Å². The third kappa shape index (κ3) is 34.5. The monoisotopic (exact) mass is 1600 g/mol. The van der Waals surface area contributed by atoms with Gasteiger partial charge in [0.2, 0.25) is 5.79 Å². The molecule has 0 radical (unpaired) electrons. The Balaban J connectivity index is 0.00000396. The van der Waals surface area contributed by atoms with Crippen molar-refractivity contribution in [3.63, 3.8) is 0 Å². The molecule has 0 spiro atoms. The lowest BCUT2D eigenvalue weighted by atomic mass is 9.99. The number of hydrogen-bond donors (Lipinski definition) is 19. The minimum absolute atomic E-state index is 0.755. The van der Waals surface area contributed by atoms with E-state index in [-0.39, 0.29) is 0 Å². The maximum atomic E-state index is 13.2. The van der Waals surface area contributed by atoms with Gasteiger partial charge >= 0.3 is 216 Å². The molecular weight excluding hydrogens is 1560 g/mol. The fourth-order valence-electron chi connectivity index (χ4n) is 5.50. The summed E-state index contributed by atoms with van der Waals surface area (Å²) < 4.78 is 437. The second-order valence-corrected chi connectivity index (χ2v) is 33.9. The van der Waals surface area contributed by atoms with Crippen LogP contribution in [0.4, 0.5) is 0 Å². The molecule has 0 aromatic heterocycles. The number of carbonyl (C=O) groups is 2. The van der Waals surface area contributed by atoms with Crippen molar-refractivity contribution < 1.29 is 232 Å². The van der Waals surface area contributed by atoms with Crippen LogP contribution >= 0.6 is 0 Å². The quantitative estimate of drug-likeness (QED) is 0.0253. The predicted molar refractivity (Wildman–Crippen MR) is 247 cm³/mol.